The molecule has 4 rings (SSSR count). The molecule has 1 aromatic carbocycles. The topological polar surface area (TPSA) is 111 Å². The number of methoxy groups -OCH3 is 1. The first-order valence-corrected chi connectivity index (χ1v) is 12.4. The number of fused-ring (bicyclic) bond motifs is 1. The zero-order valence-electron chi connectivity index (χ0n) is 19.0. The minimum atomic E-state index is -3.51. The van der Waals surface area contributed by atoms with Crippen LogP contribution in [0.15, 0.2) is 36.7 Å². The van der Waals surface area contributed by atoms with Crippen LogP contribution in [-0.4, -0.2) is 69.4 Å². The summed E-state index contributed by atoms with van der Waals surface area (Å²) in [5.41, 5.74) is 3.99. The second-order valence-electron chi connectivity index (χ2n) is 8.29. The van der Waals surface area contributed by atoms with Crippen molar-refractivity contribution in [3.8, 4) is 23.1 Å². The van der Waals surface area contributed by atoms with Gasteiger partial charge in [0.25, 0.3) is 0 Å². The van der Waals surface area contributed by atoms with E-state index in [4.69, 9.17) is 4.74 Å². The number of nitrogens with one attached hydrogen (secondary N) is 1. The zero-order valence-corrected chi connectivity index (χ0v) is 19.8. The number of pyridine rings is 2. The van der Waals surface area contributed by atoms with Gasteiger partial charge in [0.05, 0.1) is 30.1 Å². The third kappa shape index (κ3) is 4.69. The van der Waals surface area contributed by atoms with E-state index in [1.165, 1.54) is 7.11 Å². The van der Waals surface area contributed by atoms with E-state index in [-0.39, 0.29) is 11.6 Å². The van der Waals surface area contributed by atoms with Crippen molar-refractivity contribution >= 4 is 32.3 Å². The van der Waals surface area contributed by atoms with Gasteiger partial charge in [-0.25, -0.2) is 13.4 Å². The number of nitriles is 1. The van der Waals surface area contributed by atoms with E-state index in [1.807, 2.05) is 18.2 Å². The molecule has 172 valence electrons. The number of hydrogen-bond donors (Lipinski definition) is 1. The van der Waals surface area contributed by atoms with Crippen molar-refractivity contribution in [2.45, 2.75) is 13.0 Å². The van der Waals surface area contributed by atoms with Gasteiger partial charge in [-0.15, -0.1) is 0 Å². The lowest BCUT2D eigenvalue weighted by molar-refractivity contribution is 0.234. The normalized spacial score (nSPS) is 17.1. The molecule has 2 aromatic heterocycles. The number of benzene rings is 1. The Morgan fingerprint density at radius 2 is 1.97 bits per heavy atom. The SMILES string of the molecule is COc1ncc(-c2ccc3ncc(C#N)c(N4CCN(C)[C@@H](C)C4)c3c2)cc1NS(C)(=O)=O. The lowest BCUT2D eigenvalue weighted by atomic mass is 10.0. The maximum Gasteiger partial charge on any atom is 0.238 e. The molecule has 1 aliphatic rings. The summed E-state index contributed by atoms with van der Waals surface area (Å²) in [6.45, 7) is 4.69. The molecule has 0 spiro atoms. The highest BCUT2D eigenvalue weighted by molar-refractivity contribution is 7.92. The Morgan fingerprint density at radius 3 is 2.64 bits per heavy atom. The first-order valence-electron chi connectivity index (χ1n) is 10.5. The lowest BCUT2D eigenvalue weighted by Crippen LogP contribution is -2.50. The molecule has 9 nitrogen and oxygen atoms in total. The van der Waals surface area contributed by atoms with Gasteiger partial charge >= 0.3 is 0 Å². The van der Waals surface area contributed by atoms with Crippen LogP contribution in [0.1, 0.15) is 12.5 Å². The quantitative estimate of drug-likeness (QED) is 0.611. The third-order valence-corrected chi connectivity index (χ3v) is 6.50. The monoisotopic (exact) mass is 466 g/mol. The van der Waals surface area contributed by atoms with Crippen LogP contribution in [0.25, 0.3) is 22.0 Å². The van der Waals surface area contributed by atoms with E-state index >= 15 is 0 Å². The van der Waals surface area contributed by atoms with E-state index in [1.54, 1.807) is 18.5 Å². The first-order chi connectivity index (χ1) is 15.7. The predicted molar refractivity (Wildman–Crippen MR) is 129 cm³/mol. The van der Waals surface area contributed by atoms with Crippen molar-refractivity contribution in [1.82, 2.24) is 14.9 Å². The van der Waals surface area contributed by atoms with Gasteiger partial charge in [-0.1, -0.05) is 6.07 Å². The van der Waals surface area contributed by atoms with Crippen LogP contribution >= 0.6 is 0 Å². The molecule has 1 aliphatic heterocycles. The van der Waals surface area contributed by atoms with Crippen LogP contribution in [0.5, 0.6) is 5.88 Å². The van der Waals surface area contributed by atoms with E-state index < -0.39 is 10.0 Å². The van der Waals surface area contributed by atoms with Crippen molar-refractivity contribution in [1.29, 1.82) is 5.26 Å². The molecular weight excluding hydrogens is 440 g/mol. The molecular formula is C23H26N6O3S. The van der Waals surface area contributed by atoms with E-state index in [0.717, 1.165) is 48.0 Å². The zero-order chi connectivity index (χ0) is 23.8. The van der Waals surface area contributed by atoms with Crippen LogP contribution in [0.4, 0.5) is 11.4 Å². The maximum absolute atomic E-state index is 11.8. The number of hydrogen-bond acceptors (Lipinski definition) is 8. The molecule has 0 bridgehead atoms. The molecule has 1 fully saturated rings. The molecule has 0 saturated carbocycles. The molecule has 1 atom stereocenters. The number of aromatic nitrogens is 2. The van der Waals surface area contributed by atoms with E-state index in [9.17, 15) is 13.7 Å². The molecule has 10 heteroatoms. The summed E-state index contributed by atoms with van der Waals surface area (Å²) in [4.78, 5) is 13.3. The number of likely N-dealkylation sites (N-methyl/N-ethyl adjacent to an activating group) is 1. The Balaban J connectivity index is 1.84. The summed E-state index contributed by atoms with van der Waals surface area (Å²) in [5, 5.41) is 10.7. The van der Waals surface area contributed by atoms with Crippen molar-refractivity contribution in [2.75, 3.05) is 49.7 Å². The van der Waals surface area contributed by atoms with E-state index in [0.29, 0.717) is 17.2 Å². The minimum Gasteiger partial charge on any atom is -0.480 e. The fourth-order valence-electron chi connectivity index (χ4n) is 4.08. The second-order valence-corrected chi connectivity index (χ2v) is 10.0. The Labute approximate surface area is 193 Å². The Hall–Kier alpha value is -3.42. The largest absolute Gasteiger partial charge is 0.480 e. The number of rotatable bonds is 5. The molecule has 3 aromatic rings. The minimum absolute atomic E-state index is 0.186. The summed E-state index contributed by atoms with van der Waals surface area (Å²) < 4.78 is 31.2. The van der Waals surface area contributed by atoms with Crippen molar-refractivity contribution in [3.63, 3.8) is 0 Å². The number of anilines is 2. The highest BCUT2D eigenvalue weighted by atomic mass is 32.2. The first kappa shape index (κ1) is 22.8. The van der Waals surface area contributed by atoms with Gasteiger partial charge in [0, 0.05) is 49.0 Å². The van der Waals surface area contributed by atoms with Gasteiger partial charge in [0.1, 0.15) is 11.8 Å². The Bertz CT molecular complexity index is 1350. The number of sulfonamides is 1. The van der Waals surface area contributed by atoms with Crippen molar-refractivity contribution in [3.05, 3.63) is 42.2 Å². The predicted octanol–water partition coefficient (Wildman–Crippen LogP) is 2.69. The lowest BCUT2D eigenvalue weighted by Gasteiger charge is -2.39. The summed E-state index contributed by atoms with van der Waals surface area (Å²) in [6.07, 6.45) is 4.34. The Kier molecular flexibility index (Phi) is 6.10. The van der Waals surface area contributed by atoms with Crippen LogP contribution in [-0.2, 0) is 10.0 Å². The molecule has 0 unspecified atom stereocenters. The molecule has 3 heterocycles. The number of nitrogens with zero attached hydrogens (tertiary/aromatic N) is 5. The smallest absolute Gasteiger partial charge is 0.238 e. The molecule has 1 saturated heterocycles. The summed E-state index contributed by atoms with van der Waals surface area (Å²) in [6, 6.07) is 10.1. The molecule has 0 aliphatic carbocycles. The fraction of sp³-hybridized carbons (Fsp3) is 0.348. The van der Waals surface area contributed by atoms with Crippen molar-refractivity contribution < 1.29 is 13.2 Å². The van der Waals surface area contributed by atoms with E-state index in [2.05, 4.69) is 44.5 Å². The van der Waals surface area contributed by atoms with Crippen molar-refractivity contribution in [2.24, 2.45) is 0 Å². The van der Waals surface area contributed by atoms with Gasteiger partial charge in [0.2, 0.25) is 15.9 Å². The van der Waals surface area contributed by atoms with Crippen LogP contribution in [0.2, 0.25) is 0 Å². The van der Waals surface area contributed by atoms with Gasteiger partial charge in [-0.3, -0.25) is 9.71 Å². The van der Waals surface area contributed by atoms with Gasteiger partial charge < -0.3 is 14.5 Å². The number of piperazine rings is 1. The summed E-state index contributed by atoms with van der Waals surface area (Å²) in [5.74, 6) is 0.186. The second kappa shape index (κ2) is 8.84. The third-order valence-electron chi connectivity index (χ3n) is 5.91. The number of ether oxygens (including phenoxy) is 1. The average Bonchev–Trinajstić information content (AvgIpc) is 2.78. The Morgan fingerprint density at radius 1 is 1.18 bits per heavy atom. The summed E-state index contributed by atoms with van der Waals surface area (Å²) >= 11 is 0. The fourth-order valence-corrected chi connectivity index (χ4v) is 4.62. The summed E-state index contributed by atoms with van der Waals surface area (Å²) in [7, 11) is 0.0303. The van der Waals surface area contributed by atoms with Crippen LogP contribution in [0, 0.1) is 11.3 Å². The van der Waals surface area contributed by atoms with Gasteiger partial charge in [-0.2, -0.15) is 5.26 Å². The van der Waals surface area contributed by atoms with Crippen LogP contribution in [0.3, 0.4) is 0 Å². The molecule has 33 heavy (non-hydrogen) atoms. The van der Waals surface area contributed by atoms with Gasteiger partial charge in [-0.05, 0) is 37.7 Å². The van der Waals surface area contributed by atoms with Crippen LogP contribution < -0.4 is 14.4 Å². The maximum atomic E-state index is 11.8. The standard InChI is InChI=1S/C23H26N6O3S/c1-15-14-29(8-7-28(15)2)22-18(11-24)13-25-20-6-5-16(9-19(20)22)17-10-21(27-33(4,30)31)23(32-3)26-12-17/h5-6,9-10,12-13,15,27H,7-8,14H2,1-4H3/t15-/m0/s1. The molecule has 0 radical (unpaired) electrons. The highest BCUT2D eigenvalue weighted by Gasteiger charge is 2.25. The average molecular weight is 467 g/mol. The molecule has 1 N–H and O–H groups in total. The highest BCUT2D eigenvalue weighted by Crippen LogP contribution is 2.35. The molecule has 0 amide bonds. The van der Waals surface area contributed by atoms with Gasteiger partial charge in [0.15, 0.2) is 0 Å².